The highest BCUT2D eigenvalue weighted by Gasteiger charge is 2.42. The number of hydrogen-bond donors (Lipinski definition) is 1. The van der Waals surface area contributed by atoms with E-state index < -0.39 is 18.2 Å². The molecule has 5 nitrogen and oxygen atoms in total. The first-order chi connectivity index (χ1) is 8.90. The molecule has 1 aromatic carbocycles. The maximum atomic E-state index is 12.0. The van der Waals surface area contributed by atoms with Crippen molar-refractivity contribution in [3.05, 3.63) is 29.8 Å². The average Bonchev–Trinajstić information content (AvgIpc) is 2.74. The number of aliphatic carboxylic acids is 1. The molecule has 0 aromatic heterocycles. The van der Waals surface area contributed by atoms with Crippen LogP contribution in [0.4, 0.5) is 8.78 Å². The molecule has 1 aromatic rings. The lowest BCUT2D eigenvalue weighted by Crippen LogP contribution is -2.35. The number of nitrogens with zero attached hydrogens (tertiary/aromatic N) is 1. The molecule has 0 amide bonds. The minimum Gasteiger partial charge on any atom is -0.478 e. The monoisotopic (exact) mass is 271 g/mol. The molecular weight excluding hydrogens is 260 g/mol. The zero-order valence-electron chi connectivity index (χ0n) is 9.97. The summed E-state index contributed by atoms with van der Waals surface area (Å²) in [5.74, 6) is -1.08. The largest absolute Gasteiger partial charge is 0.478 e. The highest BCUT2D eigenvalue weighted by Crippen LogP contribution is 2.27. The Morgan fingerprint density at radius 3 is 2.58 bits per heavy atom. The van der Waals surface area contributed by atoms with Crippen molar-refractivity contribution < 1.29 is 28.3 Å². The Bertz CT molecular complexity index is 515. The van der Waals surface area contributed by atoms with Crippen LogP contribution in [0.1, 0.15) is 18.9 Å². The van der Waals surface area contributed by atoms with Crippen molar-refractivity contribution in [1.82, 2.24) is 0 Å². The fraction of sp³-hybridized carbons (Fsp3) is 0.333. The predicted octanol–water partition coefficient (Wildman–Crippen LogP) is 2.26. The van der Waals surface area contributed by atoms with Gasteiger partial charge in [0.25, 0.3) is 0 Å². The first-order valence-electron chi connectivity index (χ1n) is 5.44. The lowest BCUT2D eigenvalue weighted by molar-refractivity contribution is -0.160. The van der Waals surface area contributed by atoms with E-state index in [-0.39, 0.29) is 12.2 Å². The van der Waals surface area contributed by atoms with Gasteiger partial charge in [0.15, 0.2) is 0 Å². The molecule has 0 spiro atoms. The van der Waals surface area contributed by atoms with Gasteiger partial charge in [-0.25, -0.2) is 4.79 Å². The Kier molecular flexibility index (Phi) is 3.37. The predicted molar refractivity (Wildman–Crippen MR) is 61.4 cm³/mol. The summed E-state index contributed by atoms with van der Waals surface area (Å²) in [6, 6.07) is 5.77. The van der Waals surface area contributed by atoms with Gasteiger partial charge in [-0.15, -0.1) is 0 Å². The van der Waals surface area contributed by atoms with Crippen LogP contribution >= 0.6 is 0 Å². The zero-order valence-corrected chi connectivity index (χ0v) is 9.97. The molecule has 1 aliphatic rings. The first-order valence-corrected chi connectivity index (χ1v) is 5.44. The van der Waals surface area contributed by atoms with Crippen LogP contribution in [0, 0.1) is 0 Å². The zero-order chi connectivity index (χ0) is 14.0. The maximum absolute atomic E-state index is 12.0. The summed E-state index contributed by atoms with van der Waals surface area (Å²) in [4.78, 5) is 15.9. The fourth-order valence-electron chi connectivity index (χ4n) is 1.64. The van der Waals surface area contributed by atoms with E-state index in [0.717, 1.165) is 0 Å². The number of alkyl halides is 2. The van der Waals surface area contributed by atoms with E-state index in [0.29, 0.717) is 11.3 Å². The first kappa shape index (κ1) is 13.3. The van der Waals surface area contributed by atoms with Crippen molar-refractivity contribution >= 4 is 11.7 Å². The number of hydrogen-bond acceptors (Lipinski definition) is 4. The van der Waals surface area contributed by atoms with Crippen LogP contribution in [0.2, 0.25) is 0 Å². The van der Waals surface area contributed by atoms with Gasteiger partial charge >= 0.3 is 12.6 Å². The molecule has 1 atom stereocenters. The van der Waals surface area contributed by atoms with Gasteiger partial charge in [-0.2, -0.15) is 8.78 Å². The van der Waals surface area contributed by atoms with E-state index in [4.69, 9.17) is 9.94 Å². The smallest absolute Gasteiger partial charge is 0.387 e. The van der Waals surface area contributed by atoms with E-state index in [9.17, 15) is 13.6 Å². The Morgan fingerprint density at radius 1 is 1.47 bits per heavy atom. The van der Waals surface area contributed by atoms with E-state index in [2.05, 4.69) is 9.89 Å². The summed E-state index contributed by atoms with van der Waals surface area (Å²) in [6.45, 7) is -1.46. The van der Waals surface area contributed by atoms with Crippen molar-refractivity contribution in [3.8, 4) is 5.75 Å². The third-order valence-corrected chi connectivity index (χ3v) is 2.73. The van der Waals surface area contributed by atoms with Crippen molar-refractivity contribution in [2.75, 3.05) is 0 Å². The number of oxime groups is 1. The second-order valence-corrected chi connectivity index (χ2v) is 4.24. The topological polar surface area (TPSA) is 68.1 Å². The minimum atomic E-state index is -2.88. The summed E-state index contributed by atoms with van der Waals surface area (Å²) in [6.07, 6.45) is 0.109. The number of ether oxygens (including phenoxy) is 1. The maximum Gasteiger partial charge on any atom is 0.387 e. The Balaban J connectivity index is 2.10. The second-order valence-electron chi connectivity index (χ2n) is 4.24. The van der Waals surface area contributed by atoms with Crippen LogP contribution in [-0.2, 0) is 9.63 Å². The minimum absolute atomic E-state index is 0.0271. The lowest BCUT2D eigenvalue weighted by Gasteiger charge is -2.14. The van der Waals surface area contributed by atoms with Crippen molar-refractivity contribution in [2.24, 2.45) is 5.16 Å². The third kappa shape index (κ3) is 2.81. The third-order valence-electron chi connectivity index (χ3n) is 2.73. The van der Waals surface area contributed by atoms with Gasteiger partial charge < -0.3 is 14.7 Å². The number of carboxylic acids is 1. The molecule has 0 fully saturated rings. The number of rotatable bonds is 4. The Labute approximate surface area is 107 Å². The van der Waals surface area contributed by atoms with Crippen LogP contribution in [0.15, 0.2) is 29.4 Å². The van der Waals surface area contributed by atoms with Crippen LogP contribution < -0.4 is 4.74 Å². The fourth-order valence-corrected chi connectivity index (χ4v) is 1.64. The van der Waals surface area contributed by atoms with E-state index in [1.165, 1.54) is 31.2 Å². The van der Waals surface area contributed by atoms with Gasteiger partial charge in [0, 0.05) is 6.42 Å². The quantitative estimate of drug-likeness (QED) is 0.912. The number of carboxylic acid groups (broad SMARTS) is 1. The van der Waals surface area contributed by atoms with Crippen LogP contribution in [0.25, 0.3) is 0 Å². The molecule has 1 unspecified atom stereocenters. The molecule has 2 rings (SSSR count). The van der Waals surface area contributed by atoms with E-state index >= 15 is 0 Å². The van der Waals surface area contributed by atoms with Crippen LogP contribution in [-0.4, -0.2) is 29.0 Å². The van der Waals surface area contributed by atoms with E-state index in [1.54, 1.807) is 0 Å². The van der Waals surface area contributed by atoms with Crippen molar-refractivity contribution in [2.45, 2.75) is 25.6 Å². The Morgan fingerprint density at radius 2 is 2.11 bits per heavy atom. The van der Waals surface area contributed by atoms with Gasteiger partial charge in [0.1, 0.15) is 5.75 Å². The van der Waals surface area contributed by atoms with Gasteiger partial charge in [0.05, 0.1) is 5.71 Å². The standard InChI is InChI=1S/C12H11F2NO4/c1-12(10(16)17)6-9(15-19-12)7-2-4-8(5-3-7)18-11(13)14/h2-5,11H,6H2,1H3,(H,16,17). The average molecular weight is 271 g/mol. The number of halogens is 2. The molecule has 0 radical (unpaired) electrons. The highest BCUT2D eigenvalue weighted by molar-refractivity contribution is 6.04. The molecular formula is C12H11F2NO4. The molecule has 1 aliphatic heterocycles. The van der Waals surface area contributed by atoms with E-state index in [1.807, 2.05) is 0 Å². The lowest BCUT2D eigenvalue weighted by atomic mass is 9.96. The summed E-state index contributed by atoms with van der Waals surface area (Å²) in [7, 11) is 0. The summed E-state index contributed by atoms with van der Waals surface area (Å²) >= 11 is 0. The van der Waals surface area contributed by atoms with Crippen LogP contribution in [0.3, 0.4) is 0 Å². The van der Waals surface area contributed by atoms with Gasteiger partial charge in [-0.05, 0) is 36.8 Å². The normalized spacial score (nSPS) is 22.0. The van der Waals surface area contributed by atoms with Crippen LogP contribution in [0.5, 0.6) is 5.75 Å². The molecule has 1 heterocycles. The molecule has 0 saturated heterocycles. The van der Waals surface area contributed by atoms with Gasteiger partial charge in [0.2, 0.25) is 5.60 Å². The molecule has 102 valence electrons. The number of carbonyl (C=O) groups is 1. The Hall–Kier alpha value is -2.18. The highest BCUT2D eigenvalue weighted by atomic mass is 19.3. The molecule has 0 saturated carbocycles. The van der Waals surface area contributed by atoms with Crippen molar-refractivity contribution in [1.29, 1.82) is 0 Å². The molecule has 19 heavy (non-hydrogen) atoms. The van der Waals surface area contributed by atoms with Gasteiger partial charge in [-0.1, -0.05) is 5.16 Å². The summed E-state index contributed by atoms with van der Waals surface area (Å²) in [5, 5.41) is 12.7. The summed E-state index contributed by atoms with van der Waals surface area (Å²) < 4.78 is 28.2. The molecule has 1 N–H and O–H groups in total. The molecule has 7 heteroatoms. The van der Waals surface area contributed by atoms with Gasteiger partial charge in [-0.3, -0.25) is 0 Å². The SMILES string of the molecule is CC1(C(=O)O)CC(c2ccc(OC(F)F)cc2)=NO1. The molecule has 0 bridgehead atoms. The second kappa shape index (κ2) is 4.83. The number of benzene rings is 1. The molecule has 0 aliphatic carbocycles. The van der Waals surface area contributed by atoms with Crippen molar-refractivity contribution in [3.63, 3.8) is 0 Å². The summed E-state index contributed by atoms with van der Waals surface area (Å²) in [5.41, 5.74) is -0.326.